The number of rotatable bonds is 5. The summed E-state index contributed by atoms with van der Waals surface area (Å²) in [6, 6.07) is 7.92. The summed E-state index contributed by atoms with van der Waals surface area (Å²) in [6.45, 7) is 3.08. The molecule has 0 aliphatic heterocycles. The summed E-state index contributed by atoms with van der Waals surface area (Å²) in [5.41, 5.74) is 1.18. The van der Waals surface area contributed by atoms with Gasteiger partial charge in [-0.15, -0.1) is 6.42 Å². The van der Waals surface area contributed by atoms with Crippen molar-refractivity contribution >= 4 is 11.6 Å². The molecule has 1 atom stereocenters. The molecule has 0 amide bonds. The molecule has 0 spiro atoms. The lowest BCUT2D eigenvalue weighted by Crippen LogP contribution is -2.30. The second-order valence-electron chi connectivity index (χ2n) is 3.51. The number of hydrogen-bond acceptors (Lipinski definition) is 1. The molecule has 0 saturated heterocycles. The monoisotopic (exact) mass is 221 g/mol. The highest BCUT2D eigenvalue weighted by Crippen LogP contribution is 2.12. The van der Waals surface area contributed by atoms with Crippen LogP contribution in [0.5, 0.6) is 0 Å². The first-order chi connectivity index (χ1) is 7.26. The SMILES string of the molecule is C#CC(Cc1cccc(Cl)c1)NCCC. The largest absolute Gasteiger partial charge is 0.303 e. The standard InChI is InChI=1S/C13H16ClN/c1-3-8-15-13(4-2)10-11-6-5-7-12(14)9-11/h2,5-7,9,13,15H,3,8,10H2,1H3. The normalized spacial score (nSPS) is 12.1. The van der Waals surface area contributed by atoms with E-state index in [9.17, 15) is 0 Å². The predicted molar refractivity (Wildman–Crippen MR) is 66.1 cm³/mol. The molecule has 80 valence electrons. The highest BCUT2D eigenvalue weighted by Gasteiger charge is 2.04. The van der Waals surface area contributed by atoms with Crippen LogP contribution in [-0.4, -0.2) is 12.6 Å². The lowest BCUT2D eigenvalue weighted by molar-refractivity contribution is 0.598. The summed E-state index contributed by atoms with van der Waals surface area (Å²) in [5, 5.41) is 4.07. The van der Waals surface area contributed by atoms with E-state index < -0.39 is 0 Å². The maximum Gasteiger partial charge on any atom is 0.0727 e. The van der Waals surface area contributed by atoms with E-state index in [2.05, 4.69) is 18.2 Å². The maximum absolute atomic E-state index is 5.90. The molecular formula is C13H16ClN. The maximum atomic E-state index is 5.90. The summed E-state index contributed by atoms with van der Waals surface area (Å²) in [6.07, 6.45) is 7.38. The van der Waals surface area contributed by atoms with Crippen molar-refractivity contribution in [3.05, 3.63) is 34.9 Å². The van der Waals surface area contributed by atoms with Gasteiger partial charge in [0.05, 0.1) is 6.04 Å². The molecule has 1 unspecified atom stereocenters. The quantitative estimate of drug-likeness (QED) is 0.754. The van der Waals surface area contributed by atoms with Crippen molar-refractivity contribution in [2.75, 3.05) is 6.54 Å². The summed E-state index contributed by atoms with van der Waals surface area (Å²) in [7, 11) is 0. The van der Waals surface area contributed by atoms with E-state index in [0.717, 1.165) is 24.4 Å². The Bertz CT molecular complexity index is 341. The van der Waals surface area contributed by atoms with Gasteiger partial charge in [-0.1, -0.05) is 36.6 Å². The average Bonchev–Trinajstić information content (AvgIpc) is 2.24. The lowest BCUT2D eigenvalue weighted by Gasteiger charge is -2.12. The fourth-order valence-corrected chi connectivity index (χ4v) is 1.62. The van der Waals surface area contributed by atoms with Crippen molar-refractivity contribution in [1.29, 1.82) is 0 Å². The number of hydrogen-bond donors (Lipinski definition) is 1. The summed E-state index contributed by atoms with van der Waals surface area (Å²) in [4.78, 5) is 0. The fraction of sp³-hybridized carbons (Fsp3) is 0.385. The topological polar surface area (TPSA) is 12.0 Å². The molecule has 1 aromatic rings. The Kier molecular flexibility index (Phi) is 5.25. The highest BCUT2D eigenvalue weighted by atomic mass is 35.5. The average molecular weight is 222 g/mol. The van der Waals surface area contributed by atoms with E-state index >= 15 is 0 Å². The summed E-state index contributed by atoms with van der Waals surface area (Å²) < 4.78 is 0. The Hall–Kier alpha value is -0.970. The summed E-state index contributed by atoms with van der Waals surface area (Å²) in [5.74, 6) is 2.75. The molecule has 0 aliphatic rings. The zero-order valence-electron chi connectivity index (χ0n) is 8.96. The first-order valence-electron chi connectivity index (χ1n) is 5.20. The molecule has 1 aromatic carbocycles. The van der Waals surface area contributed by atoms with E-state index in [-0.39, 0.29) is 6.04 Å². The highest BCUT2D eigenvalue weighted by molar-refractivity contribution is 6.30. The second kappa shape index (κ2) is 6.50. The molecular weight excluding hydrogens is 206 g/mol. The van der Waals surface area contributed by atoms with Crippen LogP contribution in [0, 0.1) is 12.3 Å². The zero-order valence-corrected chi connectivity index (χ0v) is 9.72. The van der Waals surface area contributed by atoms with Crippen molar-refractivity contribution in [2.45, 2.75) is 25.8 Å². The fourth-order valence-electron chi connectivity index (χ4n) is 1.41. The van der Waals surface area contributed by atoms with Crippen molar-refractivity contribution in [1.82, 2.24) is 5.32 Å². The van der Waals surface area contributed by atoms with Gasteiger partial charge in [0, 0.05) is 5.02 Å². The van der Waals surface area contributed by atoms with Crippen LogP contribution in [0.2, 0.25) is 5.02 Å². The Labute approximate surface area is 96.8 Å². The Balaban J connectivity index is 2.55. The van der Waals surface area contributed by atoms with E-state index in [4.69, 9.17) is 18.0 Å². The van der Waals surface area contributed by atoms with Gasteiger partial charge in [0.1, 0.15) is 0 Å². The molecule has 0 aliphatic carbocycles. The molecule has 0 heterocycles. The first kappa shape index (κ1) is 12.1. The molecule has 0 bridgehead atoms. The van der Waals surface area contributed by atoms with Gasteiger partial charge in [-0.05, 0) is 37.1 Å². The Morgan fingerprint density at radius 2 is 2.33 bits per heavy atom. The third-order valence-corrected chi connectivity index (χ3v) is 2.41. The van der Waals surface area contributed by atoms with Crippen LogP contribution in [0.1, 0.15) is 18.9 Å². The molecule has 1 N–H and O–H groups in total. The van der Waals surface area contributed by atoms with Gasteiger partial charge in [0.25, 0.3) is 0 Å². The van der Waals surface area contributed by atoms with Crippen LogP contribution in [0.4, 0.5) is 0 Å². The van der Waals surface area contributed by atoms with Gasteiger partial charge >= 0.3 is 0 Å². The molecule has 0 aromatic heterocycles. The smallest absolute Gasteiger partial charge is 0.0727 e. The van der Waals surface area contributed by atoms with Crippen molar-refractivity contribution in [2.24, 2.45) is 0 Å². The van der Waals surface area contributed by atoms with E-state index in [1.165, 1.54) is 5.56 Å². The van der Waals surface area contributed by atoms with Crippen molar-refractivity contribution < 1.29 is 0 Å². The lowest BCUT2D eigenvalue weighted by atomic mass is 10.1. The van der Waals surface area contributed by atoms with Crippen LogP contribution in [0.15, 0.2) is 24.3 Å². The van der Waals surface area contributed by atoms with E-state index in [1.54, 1.807) is 0 Å². The third-order valence-electron chi connectivity index (χ3n) is 2.17. The zero-order chi connectivity index (χ0) is 11.1. The van der Waals surface area contributed by atoms with Crippen molar-refractivity contribution in [3.63, 3.8) is 0 Å². The van der Waals surface area contributed by atoms with Crippen LogP contribution in [0.25, 0.3) is 0 Å². The molecule has 1 nitrogen and oxygen atoms in total. The minimum atomic E-state index is 0.100. The number of terminal acetylenes is 1. The van der Waals surface area contributed by atoms with Gasteiger partial charge in [-0.3, -0.25) is 0 Å². The Morgan fingerprint density at radius 1 is 1.53 bits per heavy atom. The van der Waals surface area contributed by atoms with E-state index in [1.807, 2.05) is 24.3 Å². The van der Waals surface area contributed by atoms with E-state index in [0.29, 0.717) is 0 Å². The van der Waals surface area contributed by atoms with Crippen LogP contribution in [-0.2, 0) is 6.42 Å². The Morgan fingerprint density at radius 3 is 2.93 bits per heavy atom. The van der Waals surface area contributed by atoms with Gasteiger partial charge in [-0.2, -0.15) is 0 Å². The summed E-state index contributed by atoms with van der Waals surface area (Å²) >= 11 is 5.90. The third kappa shape index (κ3) is 4.38. The van der Waals surface area contributed by atoms with Crippen LogP contribution < -0.4 is 5.32 Å². The van der Waals surface area contributed by atoms with Gasteiger partial charge in [0.15, 0.2) is 0 Å². The number of halogens is 1. The second-order valence-corrected chi connectivity index (χ2v) is 3.94. The minimum Gasteiger partial charge on any atom is -0.303 e. The van der Waals surface area contributed by atoms with Crippen molar-refractivity contribution in [3.8, 4) is 12.3 Å². The number of benzene rings is 1. The first-order valence-corrected chi connectivity index (χ1v) is 5.58. The minimum absolute atomic E-state index is 0.100. The van der Waals surface area contributed by atoms with Gasteiger partial charge in [-0.25, -0.2) is 0 Å². The predicted octanol–water partition coefficient (Wildman–Crippen LogP) is 2.88. The molecule has 0 fully saturated rings. The molecule has 0 radical (unpaired) electrons. The molecule has 1 rings (SSSR count). The van der Waals surface area contributed by atoms with Gasteiger partial charge in [0.2, 0.25) is 0 Å². The molecule has 0 saturated carbocycles. The molecule has 15 heavy (non-hydrogen) atoms. The van der Waals surface area contributed by atoms with Gasteiger partial charge < -0.3 is 5.32 Å². The van der Waals surface area contributed by atoms with Crippen LogP contribution >= 0.6 is 11.6 Å². The molecule has 2 heteroatoms. The van der Waals surface area contributed by atoms with Crippen LogP contribution in [0.3, 0.4) is 0 Å². The number of nitrogens with one attached hydrogen (secondary N) is 1.